The van der Waals surface area contributed by atoms with Crippen LogP contribution in [0.1, 0.15) is 18.2 Å². The van der Waals surface area contributed by atoms with Crippen LogP contribution >= 0.6 is 11.3 Å². The zero-order chi connectivity index (χ0) is 9.80. The molecule has 0 saturated carbocycles. The Balaban J connectivity index is 1.94. The summed E-state index contributed by atoms with van der Waals surface area (Å²) in [4.78, 5) is 4.09. The summed E-state index contributed by atoms with van der Waals surface area (Å²) >= 11 is 1.87. The monoisotopic (exact) mass is 210 g/mol. The van der Waals surface area contributed by atoms with Gasteiger partial charge in [0.05, 0.1) is 0 Å². The minimum Gasteiger partial charge on any atom is -0.314 e. The first-order valence-electron chi connectivity index (χ1n) is 5.37. The van der Waals surface area contributed by atoms with Gasteiger partial charge in [0.25, 0.3) is 0 Å². The van der Waals surface area contributed by atoms with Crippen LogP contribution in [-0.4, -0.2) is 30.6 Å². The van der Waals surface area contributed by atoms with Crippen molar-refractivity contribution in [2.75, 3.05) is 19.6 Å². The minimum absolute atomic E-state index is 0.728. The molecule has 1 aliphatic rings. The van der Waals surface area contributed by atoms with Crippen molar-refractivity contribution in [3.63, 3.8) is 0 Å². The first-order chi connectivity index (χ1) is 6.90. The van der Waals surface area contributed by atoms with E-state index in [9.17, 15) is 0 Å². The van der Waals surface area contributed by atoms with E-state index in [1.807, 2.05) is 11.3 Å². The van der Waals surface area contributed by atoms with Crippen molar-refractivity contribution in [1.82, 2.24) is 10.2 Å². The summed E-state index contributed by atoms with van der Waals surface area (Å²) < 4.78 is 0. The van der Waals surface area contributed by atoms with Gasteiger partial charge < -0.3 is 5.32 Å². The van der Waals surface area contributed by atoms with Gasteiger partial charge in [-0.15, -0.1) is 11.3 Å². The number of hydrogen-bond acceptors (Lipinski definition) is 3. The zero-order valence-electron chi connectivity index (χ0n) is 8.70. The molecule has 1 atom stereocenters. The molecule has 78 valence electrons. The quantitative estimate of drug-likeness (QED) is 0.820. The Kier molecular flexibility index (Phi) is 3.56. The van der Waals surface area contributed by atoms with Gasteiger partial charge in [-0.2, -0.15) is 0 Å². The SMILES string of the molecule is CCC1CNCCN1Cc1cccs1. The standard InChI is InChI=1S/C11H18N2S/c1-2-10-8-12-5-6-13(10)9-11-4-3-7-14-11/h3-4,7,10,12H,2,5-6,8-9H2,1H3. The van der Waals surface area contributed by atoms with E-state index in [-0.39, 0.29) is 0 Å². The van der Waals surface area contributed by atoms with Gasteiger partial charge in [-0.1, -0.05) is 13.0 Å². The van der Waals surface area contributed by atoms with Crippen LogP contribution in [0.5, 0.6) is 0 Å². The highest BCUT2D eigenvalue weighted by Gasteiger charge is 2.20. The lowest BCUT2D eigenvalue weighted by Crippen LogP contribution is -2.50. The maximum atomic E-state index is 3.46. The third-order valence-electron chi connectivity index (χ3n) is 2.88. The zero-order valence-corrected chi connectivity index (χ0v) is 9.52. The molecular weight excluding hydrogens is 192 g/mol. The van der Waals surface area contributed by atoms with Gasteiger partial charge in [-0.05, 0) is 17.9 Å². The maximum Gasteiger partial charge on any atom is 0.0331 e. The first-order valence-corrected chi connectivity index (χ1v) is 6.25. The topological polar surface area (TPSA) is 15.3 Å². The van der Waals surface area contributed by atoms with Gasteiger partial charge in [0.2, 0.25) is 0 Å². The van der Waals surface area contributed by atoms with Crippen molar-refractivity contribution in [3.8, 4) is 0 Å². The molecule has 2 nitrogen and oxygen atoms in total. The van der Waals surface area contributed by atoms with Crippen LogP contribution in [0.4, 0.5) is 0 Å². The Bertz CT molecular complexity index is 258. The first kappa shape index (κ1) is 10.1. The summed E-state index contributed by atoms with van der Waals surface area (Å²) in [5.74, 6) is 0. The molecule has 1 aromatic rings. The smallest absolute Gasteiger partial charge is 0.0331 e. The van der Waals surface area contributed by atoms with Crippen LogP contribution in [0, 0.1) is 0 Å². The number of hydrogen-bond donors (Lipinski definition) is 1. The van der Waals surface area contributed by atoms with Crippen LogP contribution in [0.15, 0.2) is 17.5 Å². The summed E-state index contributed by atoms with van der Waals surface area (Å²) in [5, 5.41) is 5.62. The second-order valence-electron chi connectivity index (χ2n) is 3.82. The van der Waals surface area contributed by atoms with Crippen molar-refractivity contribution in [2.45, 2.75) is 25.9 Å². The van der Waals surface area contributed by atoms with Crippen LogP contribution in [0.2, 0.25) is 0 Å². The summed E-state index contributed by atoms with van der Waals surface area (Å²) in [6.07, 6.45) is 1.25. The van der Waals surface area contributed by atoms with Crippen LogP contribution in [0.3, 0.4) is 0 Å². The van der Waals surface area contributed by atoms with E-state index in [0.29, 0.717) is 0 Å². The number of rotatable bonds is 3. The fraction of sp³-hybridized carbons (Fsp3) is 0.636. The molecule has 0 radical (unpaired) electrons. The Labute approximate surface area is 89.9 Å². The van der Waals surface area contributed by atoms with E-state index in [4.69, 9.17) is 0 Å². The van der Waals surface area contributed by atoms with Gasteiger partial charge in [0, 0.05) is 37.1 Å². The highest BCUT2D eigenvalue weighted by molar-refractivity contribution is 7.09. The molecule has 0 amide bonds. The van der Waals surface area contributed by atoms with Gasteiger partial charge in [-0.3, -0.25) is 4.90 Å². The van der Waals surface area contributed by atoms with Gasteiger partial charge >= 0.3 is 0 Å². The normalized spacial score (nSPS) is 23.9. The molecule has 3 heteroatoms. The van der Waals surface area contributed by atoms with Gasteiger partial charge in [0.15, 0.2) is 0 Å². The Morgan fingerprint density at radius 2 is 2.57 bits per heavy atom. The fourth-order valence-electron chi connectivity index (χ4n) is 2.02. The number of nitrogens with zero attached hydrogens (tertiary/aromatic N) is 1. The molecule has 1 fully saturated rings. The predicted molar refractivity (Wildman–Crippen MR) is 61.7 cm³/mol. The molecule has 1 N–H and O–H groups in total. The second-order valence-corrected chi connectivity index (χ2v) is 4.85. The minimum atomic E-state index is 0.728. The van der Waals surface area contributed by atoms with E-state index in [0.717, 1.165) is 25.7 Å². The highest BCUT2D eigenvalue weighted by atomic mass is 32.1. The van der Waals surface area contributed by atoms with E-state index in [1.165, 1.54) is 17.8 Å². The summed E-state index contributed by atoms with van der Waals surface area (Å²) in [5.41, 5.74) is 0. The van der Waals surface area contributed by atoms with Gasteiger partial charge in [-0.25, -0.2) is 0 Å². The van der Waals surface area contributed by atoms with Crippen molar-refractivity contribution in [2.24, 2.45) is 0 Å². The lowest BCUT2D eigenvalue weighted by molar-refractivity contribution is 0.150. The molecule has 0 aliphatic carbocycles. The average molecular weight is 210 g/mol. The molecule has 2 rings (SSSR count). The average Bonchev–Trinajstić information content (AvgIpc) is 2.71. The van der Waals surface area contributed by atoms with Crippen molar-refractivity contribution >= 4 is 11.3 Å². The lowest BCUT2D eigenvalue weighted by Gasteiger charge is -2.35. The van der Waals surface area contributed by atoms with E-state index in [2.05, 4.69) is 34.7 Å². The van der Waals surface area contributed by atoms with Crippen LogP contribution in [0.25, 0.3) is 0 Å². The summed E-state index contributed by atoms with van der Waals surface area (Å²) in [7, 11) is 0. The summed E-state index contributed by atoms with van der Waals surface area (Å²) in [6.45, 7) is 6.90. The molecule has 0 spiro atoms. The lowest BCUT2D eigenvalue weighted by atomic mass is 10.1. The van der Waals surface area contributed by atoms with Crippen molar-refractivity contribution in [1.29, 1.82) is 0 Å². The van der Waals surface area contributed by atoms with Crippen LogP contribution in [-0.2, 0) is 6.54 Å². The third-order valence-corrected chi connectivity index (χ3v) is 3.74. The third kappa shape index (κ3) is 2.35. The van der Waals surface area contributed by atoms with Crippen molar-refractivity contribution < 1.29 is 0 Å². The number of piperazine rings is 1. The number of thiophene rings is 1. The molecule has 1 aliphatic heterocycles. The molecular formula is C11H18N2S. The Morgan fingerprint density at radius 3 is 3.29 bits per heavy atom. The molecule has 1 saturated heterocycles. The molecule has 1 unspecified atom stereocenters. The molecule has 0 aromatic carbocycles. The molecule has 1 aromatic heterocycles. The summed E-state index contributed by atoms with van der Waals surface area (Å²) in [6, 6.07) is 5.11. The molecule has 2 heterocycles. The van der Waals surface area contributed by atoms with Crippen molar-refractivity contribution in [3.05, 3.63) is 22.4 Å². The van der Waals surface area contributed by atoms with Crippen LogP contribution < -0.4 is 5.32 Å². The largest absolute Gasteiger partial charge is 0.314 e. The Hall–Kier alpha value is -0.380. The highest BCUT2D eigenvalue weighted by Crippen LogP contribution is 2.16. The molecule has 14 heavy (non-hydrogen) atoms. The van der Waals surface area contributed by atoms with Gasteiger partial charge in [0.1, 0.15) is 0 Å². The second kappa shape index (κ2) is 4.91. The maximum absolute atomic E-state index is 3.46. The number of nitrogens with one attached hydrogen (secondary N) is 1. The fourth-order valence-corrected chi connectivity index (χ4v) is 2.75. The van der Waals surface area contributed by atoms with E-state index in [1.54, 1.807) is 0 Å². The predicted octanol–water partition coefficient (Wildman–Crippen LogP) is 1.93. The van der Waals surface area contributed by atoms with E-state index >= 15 is 0 Å². The Morgan fingerprint density at radius 1 is 1.64 bits per heavy atom. The van der Waals surface area contributed by atoms with E-state index < -0.39 is 0 Å². The molecule has 0 bridgehead atoms.